The average Bonchev–Trinajstić information content (AvgIpc) is 2.95. The lowest BCUT2D eigenvalue weighted by Crippen LogP contribution is -2.15. The first-order valence-electron chi connectivity index (χ1n) is 7.52. The van der Waals surface area contributed by atoms with E-state index >= 15 is 0 Å². The van der Waals surface area contributed by atoms with E-state index in [1.165, 1.54) is 11.8 Å². The number of nitrogens with one attached hydrogen (secondary N) is 1. The molecule has 0 aliphatic carbocycles. The number of carbonyl (C=O) groups excluding carboxylic acids is 1. The fourth-order valence-electron chi connectivity index (χ4n) is 2.38. The molecule has 7 heteroatoms. The quantitative estimate of drug-likeness (QED) is 0.529. The van der Waals surface area contributed by atoms with Crippen LogP contribution in [0.15, 0.2) is 60.3 Å². The number of nitrogens with zero attached hydrogens (tertiary/aromatic N) is 2. The number of para-hydroxylation sites is 2. The van der Waals surface area contributed by atoms with Gasteiger partial charge < -0.3 is 9.88 Å². The van der Waals surface area contributed by atoms with Crippen LogP contribution in [-0.4, -0.2) is 21.2 Å². The Labute approximate surface area is 147 Å². The topological polar surface area (TPSA) is 46.9 Å². The van der Waals surface area contributed by atoms with Crippen molar-refractivity contribution in [2.24, 2.45) is 0 Å². The molecule has 1 aromatic heterocycles. The van der Waals surface area contributed by atoms with Crippen molar-refractivity contribution in [2.45, 2.75) is 11.7 Å². The van der Waals surface area contributed by atoms with Crippen LogP contribution in [0.3, 0.4) is 0 Å². The van der Waals surface area contributed by atoms with E-state index < -0.39 is 17.5 Å². The van der Waals surface area contributed by atoms with E-state index in [0.717, 1.165) is 29.2 Å². The predicted octanol–water partition coefficient (Wildman–Crippen LogP) is 4.23. The maximum absolute atomic E-state index is 13.6. The van der Waals surface area contributed by atoms with Gasteiger partial charge in [-0.15, -0.1) is 6.58 Å². The van der Waals surface area contributed by atoms with Crippen molar-refractivity contribution in [1.29, 1.82) is 0 Å². The highest BCUT2D eigenvalue weighted by atomic mass is 32.2. The number of allylic oxidation sites excluding steroid dienone is 1. The minimum atomic E-state index is -0.682. The van der Waals surface area contributed by atoms with Crippen LogP contribution in [0.4, 0.5) is 14.5 Å². The summed E-state index contributed by atoms with van der Waals surface area (Å²) in [6.07, 6.45) is 1.75. The standard InChI is InChI=1S/C18H15F2N3OS/c1-2-9-23-16-6-4-3-5-14(16)22-18(23)25-11-17(24)21-15-10-12(19)7-8-13(15)20/h2-8,10H,1,9,11H2,(H,21,24). The number of amides is 1. The third-order valence-corrected chi connectivity index (χ3v) is 4.44. The minimum absolute atomic E-state index is 0.0242. The summed E-state index contributed by atoms with van der Waals surface area (Å²) < 4.78 is 28.7. The van der Waals surface area contributed by atoms with Crippen LogP contribution in [0.2, 0.25) is 0 Å². The Bertz CT molecular complexity index is 939. The molecule has 0 aliphatic heterocycles. The van der Waals surface area contributed by atoms with Crippen molar-refractivity contribution in [2.75, 3.05) is 11.1 Å². The molecule has 0 aliphatic rings. The lowest BCUT2D eigenvalue weighted by molar-refractivity contribution is -0.113. The van der Waals surface area contributed by atoms with Crippen molar-refractivity contribution in [3.05, 3.63) is 66.8 Å². The predicted molar refractivity (Wildman–Crippen MR) is 95.6 cm³/mol. The molecule has 4 nitrogen and oxygen atoms in total. The highest BCUT2D eigenvalue weighted by Crippen LogP contribution is 2.24. The third-order valence-electron chi connectivity index (χ3n) is 3.47. The van der Waals surface area contributed by atoms with Gasteiger partial charge in [-0.1, -0.05) is 30.0 Å². The van der Waals surface area contributed by atoms with Gasteiger partial charge in [0.25, 0.3) is 0 Å². The lowest BCUT2D eigenvalue weighted by atomic mass is 10.3. The first-order chi connectivity index (χ1) is 12.1. The van der Waals surface area contributed by atoms with Crippen LogP contribution < -0.4 is 5.32 Å². The molecule has 0 fully saturated rings. The minimum Gasteiger partial charge on any atom is -0.323 e. The third kappa shape index (κ3) is 3.88. The summed E-state index contributed by atoms with van der Waals surface area (Å²) in [5.74, 6) is -1.71. The summed E-state index contributed by atoms with van der Waals surface area (Å²) in [6, 6.07) is 10.6. The molecule has 0 bridgehead atoms. The normalized spacial score (nSPS) is 10.8. The Morgan fingerprint density at radius 2 is 2.08 bits per heavy atom. The van der Waals surface area contributed by atoms with E-state index in [9.17, 15) is 13.6 Å². The summed E-state index contributed by atoms with van der Waals surface area (Å²) in [5, 5.41) is 3.04. The van der Waals surface area contributed by atoms with E-state index in [2.05, 4.69) is 16.9 Å². The number of rotatable bonds is 6. The van der Waals surface area contributed by atoms with E-state index in [1.54, 1.807) is 6.08 Å². The van der Waals surface area contributed by atoms with Gasteiger partial charge in [0, 0.05) is 12.6 Å². The molecule has 128 valence electrons. The van der Waals surface area contributed by atoms with Gasteiger partial charge >= 0.3 is 0 Å². The van der Waals surface area contributed by atoms with Gasteiger partial charge in [0.1, 0.15) is 11.6 Å². The Hall–Kier alpha value is -2.67. The van der Waals surface area contributed by atoms with Crippen LogP contribution >= 0.6 is 11.8 Å². The summed E-state index contributed by atoms with van der Waals surface area (Å²) in [4.78, 5) is 16.6. The second-order valence-electron chi connectivity index (χ2n) is 5.24. The number of carbonyl (C=O) groups is 1. The fraction of sp³-hybridized carbons (Fsp3) is 0.111. The molecule has 2 aromatic carbocycles. The summed E-state index contributed by atoms with van der Waals surface area (Å²) in [5.41, 5.74) is 1.59. The van der Waals surface area contributed by atoms with Crippen LogP contribution in [0.1, 0.15) is 0 Å². The summed E-state index contributed by atoms with van der Waals surface area (Å²) in [7, 11) is 0. The van der Waals surface area contributed by atoms with Crippen LogP contribution in [0.25, 0.3) is 11.0 Å². The molecule has 0 saturated carbocycles. The van der Waals surface area contributed by atoms with E-state index in [4.69, 9.17) is 0 Å². The SMILES string of the molecule is C=CCn1c(SCC(=O)Nc2cc(F)ccc2F)nc2ccccc21. The number of anilines is 1. The van der Waals surface area contributed by atoms with Gasteiger partial charge in [-0.2, -0.15) is 0 Å². The Morgan fingerprint density at radius 1 is 1.28 bits per heavy atom. The monoisotopic (exact) mass is 359 g/mol. The first-order valence-corrected chi connectivity index (χ1v) is 8.51. The zero-order valence-electron chi connectivity index (χ0n) is 13.2. The number of imidazole rings is 1. The van der Waals surface area contributed by atoms with Gasteiger partial charge in [-0.25, -0.2) is 13.8 Å². The summed E-state index contributed by atoms with van der Waals surface area (Å²) >= 11 is 1.23. The summed E-state index contributed by atoms with van der Waals surface area (Å²) in [6.45, 7) is 4.30. The molecular formula is C18H15F2N3OS. The van der Waals surface area contributed by atoms with E-state index in [0.29, 0.717) is 11.7 Å². The van der Waals surface area contributed by atoms with Crippen LogP contribution in [0, 0.1) is 11.6 Å². The number of hydrogen-bond donors (Lipinski definition) is 1. The Balaban J connectivity index is 1.73. The molecule has 0 unspecified atom stereocenters. The fourth-order valence-corrected chi connectivity index (χ4v) is 3.20. The maximum Gasteiger partial charge on any atom is 0.234 e. The molecule has 1 N–H and O–H groups in total. The van der Waals surface area contributed by atoms with Gasteiger partial charge in [0.05, 0.1) is 22.5 Å². The molecule has 1 heterocycles. The second kappa shape index (κ2) is 7.48. The molecule has 1 amide bonds. The number of benzene rings is 2. The van der Waals surface area contributed by atoms with Crippen molar-refractivity contribution >= 4 is 34.4 Å². The molecule has 3 rings (SSSR count). The van der Waals surface area contributed by atoms with Gasteiger partial charge in [0.15, 0.2) is 5.16 Å². The molecular weight excluding hydrogens is 344 g/mol. The maximum atomic E-state index is 13.6. The highest BCUT2D eigenvalue weighted by molar-refractivity contribution is 7.99. The number of hydrogen-bond acceptors (Lipinski definition) is 3. The number of fused-ring (bicyclic) bond motifs is 1. The molecule has 0 radical (unpaired) electrons. The zero-order valence-corrected chi connectivity index (χ0v) is 14.0. The number of aromatic nitrogens is 2. The van der Waals surface area contributed by atoms with Crippen molar-refractivity contribution < 1.29 is 13.6 Å². The van der Waals surface area contributed by atoms with Crippen molar-refractivity contribution in [3.63, 3.8) is 0 Å². The van der Waals surface area contributed by atoms with Crippen LogP contribution in [0.5, 0.6) is 0 Å². The first kappa shape index (κ1) is 17.2. The smallest absolute Gasteiger partial charge is 0.234 e. The largest absolute Gasteiger partial charge is 0.323 e. The number of halogens is 2. The van der Waals surface area contributed by atoms with Crippen molar-refractivity contribution in [3.8, 4) is 0 Å². The number of thioether (sulfide) groups is 1. The van der Waals surface area contributed by atoms with E-state index in [1.807, 2.05) is 28.8 Å². The molecule has 0 saturated heterocycles. The van der Waals surface area contributed by atoms with Crippen molar-refractivity contribution in [1.82, 2.24) is 9.55 Å². The second-order valence-corrected chi connectivity index (χ2v) is 6.19. The molecule has 0 spiro atoms. The molecule has 0 atom stereocenters. The Kier molecular flexibility index (Phi) is 5.14. The van der Waals surface area contributed by atoms with Gasteiger partial charge in [-0.05, 0) is 24.3 Å². The van der Waals surface area contributed by atoms with E-state index in [-0.39, 0.29) is 11.4 Å². The highest BCUT2D eigenvalue weighted by Gasteiger charge is 2.13. The van der Waals surface area contributed by atoms with Crippen LogP contribution in [-0.2, 0) is 11.3 Å². The molecule has 25 heavy (non-hydrogen) atoms. The molecule has 3 aromatic rings. The zero-order chi connectivity index (χ0) is 17.8. The Morgan fingerprint density at radius 3 is 2.88 bits per heavy atom. The van der Waals surface area contributed by atoms with Gasteiger partial charge in [0.2, 0.25) is 5.91 Å². The lowest BCUT2D eigenvalue weighted by Gasteiger charge is -2.08. The average molecular weight is 359 g/mol. The van der Waals surface area contributed by atoms with Gasteiger partial charge in [-0.3, -0.25) is 4.79 Å².